The van der Waals surface area contributed by atoms with Gasteiger partial charge in [0, 0.05) is 38.5 Å². The topological polar surface area (TPSA) is 146 Å². The van der Waals surface area contributed by atoms with Crippen LogP contribution in [0.5, 0.6) is 0 Å². The molecule has 0 radical (unpaired) electrons. The van der Waals surface area contributed by atoms with Crippen molar-refractivity contribution in [2.75, 3.05) is 17.8 Å². The second kappa shape index (κ2) is 6.13. The van der Waals surface area contributed by atoms with E-state index in [2.05, 4.69) is 9.97 Å². The van der Waals surface area contributed by atoms with Gasteiger partial charge in [-0.3, -0.25) is 9.20 Å². The standard InChI is InChI=1S/C15H16N6O5S2/c1-16-27(23,24)21(28(25,26)17-2)10-3-4-11-9(7-10)8-12-13(11)19-15(22)14-18-5-6-20(12)14/h3-7,16-17H,8H2,1-2H3,(H,19,22). The first-order valence-electron chi connectivity index (χ1n) is 8.08. The monoisotopic (exact) mass is 424 g/mol. The molecule has 0 aliphatic heterocycles. The van der Waals surface area contributed by atoms with E-state index in [-0.39, 0.29) is 16.9 Å². The number of hydrogen-bond donors (Lipinski definition) is 3. The van der Waals surface area contributed by atoms with Gasteiger partial charge in [0.2, 0.25) is 5.65 Å². The van der Waals surface area contributed by atoms with Crippen LogP contribution in [0.15, 0.2) is 35.4 Å². The molecule has 2 aromatic heterocycles. The number of anilines is 1. The Morgan fingerprint density at radius 3 is 2.46 bits per heavy atom. The van der Waals surface area contributed by atoms with Crippen LogP contribution >= 0.6 is 0 Å². The number of nitrogens with zero attached hydrogens (tertiary/aromatic N) is 3. The summed E-state index contributed by atoms with van der Waals surface area (Å²) in [6.45, 7) is 0. The smallest absolute Gasteiger partial charge is 0.315 e. The molecule has 13 heteroatoms. The van der Waals surface area contributed by atoms with E-state index in [1.54, 1.807) is 16.7 Å². The van der Waals surface area contributed by atoms with Crippen LogP contribution in [0.2, 0.25) is 0 Å². The molecule has 148 valence electrons. The maximum absolute atomic E-state index is 12.3. The summed E-state index contributed by atoms with van der Waals surface area (Å²) in [7, 11) is -6.44. The number of benzene rings is 1. The van der Waals surface area contributed by atoms with Crippen LogP contribution in [0.1, 0.15) is 11.3 Å². The summed E-state index contributed by atoms with van der Waals surface area (Å²) in [5.41, 5.74) is 2.58. The fourth-order valence-corrected chi connectivity index (χ4v) is 5.88. The fourth-order valence-electron chi connectivity index (χ4n) is 3.28. The number of H-pyrrole nitrogens is 1. The molecule has 0 bridgehead atoms. The van der Waals surface area contributed by atoms with Crippen molar-refractivity contribution in [3.63, 3.8) is 0 Å². The zero-order valence-corrected chi connectivity index (χ0v) is 16.4. The molecular formula is C15H16N6O5S2. The van der Waals surface area contributed by atoms with Gasteiger partial charge in [-0.1, -0.05) is 6.07 Å². The van der Waals surface area contributed by atoms with Crippen LogP contribution in [0.25, 0.3) is 16.9 Å². The van der Waals surface area contributed by atoms with E-state index in [9.17, 15) is 21.6 Å². The van der Waals surface area contributed by atoms with Crippen molar-refractivity contribution < 1.29 is 16.8 Å². The summed E-state index contributed by atoms with van der Waals surface area (Å²) in [5, 5.41) is 0. The lowest BCUT2D eigenvalue weighted by atomic mass is 10.1. The van der Waals surface area contributed by atoms with E-state index < -0.39 is 20.4 Å². The molecule has 1 aromatic carbocycles. The molecule has 0 saturated carbocycles. The molecule has 1 aliphatic rings. The van der Waals surface area contributed by atoms with Gasteiger partial charge in [-0.15, -0.1) is 3.71 Å². The van der Waals surface area contributed by atoms with Crippen LogP contribution in [-0.4, -0.2) is 45.3 Å². The average molecular weight is 424 g/mol. The summed E-state index contributed by atoms with van der Waals surface area (Å²) in [6.07, 6.45) is 3.55. The second-order valence-electron chi connectivity index (χ2n) is 6.03. The molecule has 0 saturated heterocycles. The fraction of sp³-hybridized carbons (Fsp3) is 0.200. The summed E-state index contributed by atoms with van der Waals surface area (Å²) >= 11 is 0. The largest absolute Gasteiger partial charge is 0.317 e. The molecule has 1 aliphatic carbocycles. The molecule has 3 aromatic rings. The minimum Gasteiger partial charge on any atom is -0.317 e. The Labute approximate surface area is 160 Å². The van der Waals surface area contributed by atoms with Crippen molar-refractivity contribution >= 4 is 31.8 Å². The molecule has 28 heavy (non-hydrogen) atoms. The van der Waals surface area contributed by atoms with Gasteiger partial charge in [0.05, 0.1) is 17.1 Å². The maximum Gasteiger partial charge on any atom is 0.315 e. The molecule has 0 unspecified atom stereocenters. The van der Waals surface area contributed by atoms with Gasteiger partial charge in [-0.2, -0.15) is 26.3 Å². The summed E-state index contributed by atoms with van der Waals surface area (Å²) in [4.78, 5) is 19.0. The van der Waals surface area contributed by atoms with E-state index in [4.69, 9.17) is 0 Å². The molecule has 0 atom stereocenters. The van der Waals surface area contributed by atoms with Crippen LogP contribution in [0.3, 0.4) is 0 Å². The lowest BCUT2D eigenvalue weighted by Crippen LogP contribution is -2.47. The van der Waals surface area contributed by atoms with Crippen LogP contribution in [-0.2, 0) is 26.8 Å². The molecule has 0 fully saturated rings. The van der Waals surface area contributed by atoms with E-state index in [1.807, 2.05) is 9.44 Å². The van der Waals surface area contributed by atoms with Crippen molar-refractivity contribution in [2.24, 2.45) is 0 Å². The van der Waals surface area contributed by atoms with Crippen LogP contribution in [0, 0.1) is 0 Å². The summed E-state index contributed by atoms with van der Waals surface area (Å²) in [6, 6.07) is 4.42. The Morgan fingerprint density at radius 1 is 1.14 bits per heavy atom. The number of fused-ring (bicyclic) bond motifs is 5. The average Bonchev–Trinajstić information content (AvgIpc) is 3.26. The molecule has 2 heterocycles. The molecule has 3 N–H and O–H groups in total. The summed E-state index contributed by atoms with van der Waals surface area (Å²) < 4.78 is 55.4. The lowest BCUT2D eigenvalue weighted by Gasteiger charge is -2.23. The van der Waals surface area contributed by atoms with Crippen molar-refractivity contribution in [3.8, 4) is 11.3 Å². The van der Waals surface area contributed by atoms with E-state index in [0.717, 1.165) is 19.8 Å². The maximum atomic E-state index is 12.3. The third-order valence-corrected chi connectivity index (χ3v) is 8.05. The minimum atomic E-state index is -4.34. The van der Waals surface area contributed by atoms with Gasteiger partial charge in [0.15, 0.2) is 0 Å². The first-order valence-corrected chi connectivity index (χ1v) is 11.0. The minimum absolute atomic E-state index is 0.0560. The van der Waals surface area contributed by atoms with E-state index >= 15 is 0 Å². The number of aromatic amines is 1. The van der Waals surface area contributed by atoms with Gasteiger partial charge in [0.25, 0.3) is 5.56 Å². The Kier molecular flexibility index (Phi) is 4.08. The number of nitrogens with one attached hydrogen (secondary N) is 3. The highest BCUT2D eigenvalue weighted by molar-refractivity contribution is 8.08. The quantitative estimate of drug-likeness (QED) is 0.387. The number of hydrogen-bond acceptors (Lipinski definition) is 6. The van der Waals surface area contributed by atoms with E-state index in [1.165, 1.54) is 18.3 Å². The zero-order valence-electron chi connectivity index (χ0n) is 14.8. The van der Waals surface area contributed by atoms with Gasteiger partial charge in [-0.05, 0) is 17.7 Å². The molecule has 0 spiro atoms. The highest BCUT2D eigenvalue weighted by atomic mass is 32.3. The van der Waals surface area contributed by atoms with Crippen LogP contribution < -0.4 is 18.7 Å². The summed E-state index contributed by atoms with van der Waals surface area (Å²) in [5.74, 6) is 0. The van der Waals surface area contributed by atoms with Crippen molar-refractivity contribution in [3.05, 3.63) is 52.2 Å². The molecule has 4 rings (SSSR count). The Hall–Kier alpha value is -2.74. The third-order valence-electron chi connectivity index (χ3n) is 4.54. The number of aromatic nitrogens is 3. The highest BCUT2D eigenvalue weighted by Crippen LogP contribution is 2.37. The lowest BCUT2D eigenvalue weighted by molar-refractivity contribution is 0.575. The van der Waals surface area contributed by atoms with Gasteiger partial charge < -0.3 is 4.98 Å². The normalized spacial score (nSPS) is 13.5. The number of imidazole rings is 1. The predicted octanol–water partition coefficient (Wildman–Crippen LogP) is -0.671. The Morgan fingerprint density at radius 2 is 1.82 bits per heavy atom. The zero-order chi connectivity index (χ0) is 20.3. The van der Waals surface area contributed by atoms with Crippen molar-refractivity contribution in [1.82, 2.24) is 23.8 Å². The van der Waals surface area contributed by atoms with Crippen molar-refractivity contribution in [1.29, 1.82) is 0 Å². The van der Waals surface area contributed by atoms with Gasteiger partial charge in [0.1, 0.15) is 0 Å². The van der Waals surface area contributed by atoms with Gasteiger partial charge >= 0.3 is 20.4 Å². The first kappa shape index (κ1) is 18.6. The highest BCUT2D eigenvalue weighted by Gasteiger charge is 2.34. The van der Waals surface area contributed by atoms with Crippen molar-refractivity contribution in [2.45, 2.75) is 6.42 Å². The SMILES string of the molecule is CNS(=O)(=O)N(c1ccc2c(c1)Cc1c-2[nH]c(=O)c2nccn12)S(=O)(=O)NC. The molecular weight excluding hydrogens is 408 g/mol. The Bertz CT molecular complexity index is 1340. The van der Waals surface area contributed by atoms with E-state index in [0.29, 0.717) is 27.0 Å². The molecule has 11 nitrogen and oxygen atoms in total. The Balaban J connectivity index is 1.90. The molecule has 0 amide bonds. The number of rotatable bonds is 5. The first-order chi connectivity index (χ1) is 13.2. The second-order valence-corrected chi connectivity index (χ2v) is 9.71. The van der Waals surface area contributed by atoms with Gasteiger partial charge in [-0.25, -0.2) is 4.98 Å². The predicted molar refractivity (Wildman–Crippen MR) is 102 cm³/mol. The third kappa shape index (κ3) is 2.63. The van der Waals surface area contributed by atoms with Crippen LogP contribution in [0.4, 0.5) is 5.69 Å².